The molecule has 2 aromatic carbocycles. The highest BCUT2D eigenvalue weighted by molar-refractivity contribution is 5.84. The van der Waals surface area contributed by atoms with Crippen molar-refractivity contribution < 1.29 is 4.74 Å². The molecule has 0 radical (unpaired) electrons. The highest BCUT2D eigenvalue weighted by Gasteiger charge is 2.09. The van der Waals surface area contributed by atoms with Gasteiger partial charge in [-0.15, -0.1) is 0 Å². The summed E-state index contributed by atoms with van der Waals surface area (Å²) in [5.74, 6) is 0.914. The lowest BCUT2D eigenvalue weighted by atomic mass is 10.2. The van der Waals surface area contributed by atoms with Gasteiger partial charge in [0.1, 0.15) is 12.4 Å². The molecule has 0 unspecified atom stereocenters. The first-order chi connectivity index (χ1) is 9.79. The maximum atomic E-state index is 5.88. The molecule has 0 saturated heterocycles. The highest BCUT2D eigenvalue weighted by atomic mass is 16.5. The van der Waals surface area contributed by atoms with Gasteiger partial charge < -0.3 is 9.30 Å². The molecule has 0 aliphatic heterocycles. The van der Waals surface area contributed by atoms with Crippen LogP contribution in [0.3, 0.4) is 0 Å². The zero-order valence-electron chi connectivity index (χ0n) is 12.0. The first-order valence-electron chi connectivity index (χ1n) is 7.05. The molecule has 0 bridgehead atoms. The van der Waals surface area contributed by atoms with Crippen LogP contribution in [0.1, 0.15) is 18.2 Å². The second-order valence-electron chi connectivity index (χ2n) is 4.99. The third kappa shape index (κ3) is 2.29. The predicted molar refractivity (Wildman–Crippen MR) is 83.1 cm³/mol. The number of para-hydroxylation sites is 2. The fourth-order valence-electron chi connectivity index (χ4n) is 2.72. The zero-order valence-corrected chi connectivity index (χ0v) is 12.0. The van der Waals surface area contributed by atoms with Gasteiger partial charge in [-0.05, 0) is 37.6 Å². The average molecular weight is 265 g/mol. The van der Waals surface area contributed by atoms with E-state index in [1.807, 2.05) is 30.3 Å². The van der Waals surface area contributed by atoms with Gasteiger partial charge in [-0.1, -0.05) is 36.4 Å². The van der Waals surface area contributed by atoms with Crippen molar-refractivity contribution in [1.82, 2.24) is 4.57 Å². The van der Waals surface area contributed by atoms with Crippen LogP contribution in [0.25, 0.3) is 10.9 Å². The van der Waals surface area contributed by atoms with Gasteiger partial charge in [0, 0.05) is 11.9 Å². The van der Waals surface area contributed by atoms with Crippen molar-refractivity contribution in [1.29, 1.82) is 0 Å². The van der Waals surface area contributed by atoms with Gasteiger partial charge in [0.15, 0.2) is 0 Å². The summed E-state index contributed by atoms with van der Waals surface area (Å²) in [7, 11) is 0. The van der Waals surface area contributed by atoms with Gasteiger partial charge in [0.2, 0.25) is 0 Å². The van der Waals surface area contributed by atoms with Crippen molar-refractivity contribution in [2.24, 2.45) is 0 Å². The van der Waals surface area contributed by atoms with E-state index in [-0.39, 0.29) is 0 Å². The summed E-state index contributed by atoms with van der Waals surface area (Å²) >= 11 is 0. The van der Waals surface area contributed by atoms with Crippen molar-refractivity contribution >= 4 is 10.9 Å². The minimum Gasteiger partial charge on any atom is -0.487 e. The second kappa shape index (κ2) is 5.41. The van der Waals surface area contributed by atoms with E-state index in [2.05, 4.69) is 42.7 Å². The van der Waals surface area contributed by atoms with Crippen molar-refractivity contribution in [2.45, 2.75) is 27.0 Å². The number of aryl methyl sites for hydroxylation is 2. The summed E-state index contributed by atoms with van der Waals surface area (Å²) in [5, 5.41) is 1.29. The molecule has 20 heavy (non-hydrogen) atoms. The highest BCUT2D eigenvalue weighted by Crippen LogP contribution is 2.24. The Balaban J connectivity index is 1.93. The quantitative estimate of drug-likeness (QED) is 0.675. The monoisotopic (exact) mass is 265 g/mol. The summed E-state index contributed by atoms with van der Waals surface area (Å²) in [6, 6.07) is 18.6. The first-order valence-corrected chi connectivity index (χ1v) is 7.05. The van der Waals surface area contributed by atoms with Crippen LogP contribution in [0.2, 0.25) is 0 Å². The first kappa shape index (κ1) is 12.8. The molecule has 2 heteroatoms. The molecular weight excluding hydrogens is 246 g/mol. The Labute approximate surface area is 119 Å². The molecule has 3 rings (SSSR count). The van der Waals surface area contributed by atoms with Crippen molar-refractivity contribution in [2.75, 3.05) is 0 Å². The largest absolute Gasteiger partial charge is 0.487 e. The fraction of sp³-hybridized carbons (Fsp3) is 0.222. The molecule has 0 amide bonds. The molecule has 0 saturated carbocycles. The summed E-state index contributed by atoms with van der Waals surface area (Å²) in [4.78, 5) is 0. The van der Waals surface area contributed by atoms with Crippen LogP contribution in [0, 0.1) is 6.92 Å². The molecule has 0 aliphatic rings. The van der Waals surface area contributed by atoms with E-state index in [1.165, 1.54) is 22.2 Å². The third-order valence-corrected chi connectivity index (χ3v) is 3.65. The lowest BCUT2D eigenvalue weighted by Gasteiger charge is -2.10. The van der Waals surface area contributed by atoms with Crippen molar-refractivity contribution in [3.05, 3.63) is 65.9 Å². The molecular formula is C18H19NO. The molecule has 0 N–H and O–H groups in total. The smallest absolute Gasteiger partial charge is 0.128 e. The normalized spacial score (nSPS) is 10.9. The van der Waals surface area contributed by atoms with Gasteiger partial charge in [-0.2, -0.15) is 0 Å². The van der Waals surface area contributed by atoms with Crippen molar-refractivity contribution in [3.63, 3.8) is 0 Å². The van der Waals surface area contributed by atoms with Gasteiger partial charge >= 0.3 is 0 Å². The average Bonchev–Trinajstić information content (AvgIpc) is 2.85. The number of rotatable bonds is 4. The fourth-order valence-corrected chi connectivity index (χ4v) is 2.72. The Kier molecular flexibility index (Phi) is 3.46. The van der Waals surface area contributed by atoms with E-state index < -0.39 is 0 Å². The topological polar surface area (TPSA) is 14.2 Å². The van der Waals surface area contributed by atoms with E-state index in [1.54, 1.807) is 0 Å². The number of aromatic nitrogens is 1. The van der Waals surface area contributed by atoms with Crippen LogP contribution >= 0.6 is 0 Å². The molecule has 0 aliphatic carbocycles. The maximum Gasteiger partial charge on any atom is 0.128 e. The van der Waals surface area contributed by atoms with E-state index >= 15 is 0 Å². The Morgan fingerprint density at radius 1 is 1.00 bits per heavy atom. The lowest BCUT2D eigenvalue weighted by Crippen LogP contribution is -2.05. The van der Waals surface area contributed by atoms with Crippen molar-refractivity contribution in [3.8, 4) is 5.75 Å². The SMILES string of the molecule is CCn1c(COc2ccccc2)cc2cccc(C)c21. The molecule has 1 aromatic heterocycles. The van der Waals surface area contributed by atoms with Crippen LogP contribution in [0.4, 0.5) is 0 Å². The standard InChI is InChI=1S/C18H19NO/c1-3-19-16(13-20-17-10-5-4-6-11-17)12-15-9-7-8-14(2)18(15)19/h4-12H,3,13H2,1-2H3. The number of nitrogens with zero attached hydrogens (tertiary/aromatic N) is 1. The van der Waals surface area contributed by atoms with E-state index in [0.29, 0.717) is 6.61 Å². The number of hydrogen-bond acceptors (Lipinski definition) is 1. The Bertz CT molecular complexity index is 713. The van der Waals surface area contributed by atoms with E-state index in [0.717, 1.165) is 12.3 Å². The molecule has 1 heterocycles. The number of hydrogen-bond donors (Lipinski definition) is 0. The Morgan fingerprint density at radius 3 is 2.55 bits per heavy atom. The zero-order chi connectivity index (χ0) is 13.9. The maximum absolute atomic E-state index is 5.88. The minimum absolute atomic E-state index is 0.603. The van der Waals surface area contributed by atoms with Gasteiger partial charge in [0.05, 0.1) is 11.2 Å². The van der Waals surface area contributed by atoms with Gasteiger partial charge in [-0.3, -0.25) is 0 Å². The number of benzene rings is 2. The van der Waals surface area contributed by atoms with Crippen LogP contribution in [0.5, 0.6) is 5.75 Å². The molecule has 0 fully saturated rings. The third-order valence-electron chi connectivity index (χ3n) is 3.65. The summed E-state index contributed by atoms with van der Waals surface area (Å²) in [5.41, 5.74) is 3.86. The van der Waals surface area contributed by atoms with Gasteiger partial charge in [-0.25, -0.2) is 0 Å². The van der Waals surface area contributed by atoms with Crippen LogP contribution in [0.15, 0.2) is 54.6 Å². The van der Waals surface area contributed by atoms with E-state index in [9.17, 15) is 0 Å². The summed E-state index contributed by atoms with van der Waals surface area (Å²) in [6.45, 7) is 5.90. The molecule has 102 valence electrons. The second-order valence-corrected chi connectivity index (χ2v) is 4.99. The van der Waals surface area contributed by atoms with Gasteiger partial charge in [0.25, 0.3) is 0 Å². The Morgan fingerprint density at radius 2 is 1.80 bits per heavy atom. The number of fused-ring (bicyclic) bond motifs is 1. The number of ether oxygens (including phenoxy) is 1. The summed E-state index contributed by atoms with van der Waals surface area (Å²) in [6.07, 6.45) is 0. The molecule has 2 nitrogen and oxygen atoms in total. The Hall–Kier alpha value is -2.22. The minimum atomic E-state index is 0.603. The molecule has 0 atom stereocenters. The van der Waals surface area contributed by atoms with E-state index in [4.69, 9.17) is 4.74 Å². The molecule has 0 spiro atoms. The molecule has 3 aromatic rings. The lowest BCUT2D eigenvalue weighted by molar-refractivity contribution is 0.296. The van der Waals surface area contributed by atoms with Crippen LogP contribution < -0.4 is 4.74 Å². The van der Waals surface area contributed by atoms with Crippen LogP contribution in [-0.2, 0) is 13.2 Å². The predicted octanol–water partition coefficient (Wildman–Crippen LogP) is 4.55. The van der Waals surface area contributed by atoms with Crippen LogP contribution in [-0.4, -0.2) is 4.57 Å². The summed E-state index contributed by atoms with van der Waals surface area (Å²) < 4.78 is 8.22.